The SMILES string of the molecule is C[C@H](OC(=O)c1ccccn1)C(=O)NCCC1=CCCCC1. The van der Waals surface area contributed by atoms with Crippen molar-refractivity contribution in [2.45, 2.75) is 45.1 Å². The van der Waals surface area contributed by atoms with E-state index in [2.05, 4.69) is 16.4 Å². The first-order chi connectivity index (χ1) is 10.7. The van der Waals surface area contributed by atoms with Gasteiger partial charge >= 0.3 is 5.97 Å². The van der Waals surface area contributed by atoms with Crippen LogP contribution in [0.4, 0.5) is 0 Å². The van der Waals surface area contributed by atoms with Crippen LogP contribution >= 0.6 is 0 Å². The van der Waals surface area contributed by atoms with Gasteiger partial charge < -0.3 is 10.1 Å². The lowest BCUT2D eigenvalue weighted by Crippen LogP contribution is -2.36. The molecule has 0 spiro atoms. The number of allylic oxidation sites excluding steroid dienone is 1. The Balaban J connectivity index is 1.72. The number of ether oxygens (including phenoxy) is 1. The number of nitrogens with one attached hydrogen (secondary N) is 1. The van der Waals surface area contributed by atoms with Gasteiger partial charge in [-0.15, -0.1) is 0 Å². The minimum atomic E-state index is -0.824. The lowest BCUT2D eigenvalue weighted by molar-refractivity contribution is -0.129. The molecule has 1 N–H and O–H groups in total. The van der Waals surface area contributed by atoms with Crippen molar-refractivity contribution in [3.8, 4) is 0 Å². The van der Waals surface area contributed by atoms with Gasteiger partial charge in [-0.1, -0.05) is 17.7 Å². The molecule has 0 fully saturated rings. The van der Waals surface area contributed by atoms with E-state index in [0.717, 1.165) is 19.3 Å². The quantitative estimate of drug-likeness (QED) is 0.648. The fourth-order valence-corrected chi connectivity index (χ4v) is 2.38. The molecule has 0 saturated carbocycles. The third-order valence-corrected chi connectivity index (χ3v) is 3.66. The van der Waals surface area contributed by atoms with Crippen molar-refractivity contribution in [1.82, 2.24) is 10.3 Å². The Bertz CT molecular complexity index is 540. The number of carbonyl (C=O) groups is 2. The van der Waals surface area contributed by atoms with Gasteiger partial charge in [-0.2, -0.15) is 0 Å². The summed E-state index contributed by atoms with van der Waals surface area (Å²) in [5, 5.41) is 2.81. The lowest BCUT2D eigenvalue weighted by atomic mass is 9.97. The highest BCUT2D eigenvalue weighted by atomic mass is 16.5. The van der Waals surface area contributed by atoms with Gasteiger partial charge in [0.05, 0.1) is 0 Å². The van der Waals surface area contributed by atoms with Gasteiger partial charge in [0.1, 0.15) is 5.69 Å². The first-order valence-electron chi connectivity index (χ1n) is 7.74. The Morgan fingerprint density at radius 1 is 1.36 bits per heavy atom. The first kappa shape index (κ1) is 16.2. The second kappa shape index (κ2) is 8.32. The number of esters is 1. The van der Waals surface area contributed by atoms with Gasteiger partial charge in [-0.25, -0.2) is 9.78 Å². The molecule has 0 unspecified atom stereocenters. The van der Waals surface area contributed by atoms with Crippen LogP contribution in [-0.2, 0) is 9.53 Å². The predicted octanol–water partition coefficient (Wildman–Crippen LogP) is 2.63. The molecule has 118 valence electrons. The molecule has 1 aliphatic rings. The molecule has 2 rings (SSSR count). The third-order valence-electron chi connectivity index (χ3n) is 3.66. The van der Waals surface area contributed by atoms with Crippen LogP contribution in [0.3, 0.4) is 0 Å². The van der Waals surface area contributed by atoms with Gasteiger partial charge in [-0.05, 0) is 51.2 Å². The molecule has 1 heterocycles. The van der Waals surface area contributed by atoms with E-state index < -0.39 is 12.1 Å². The molecule has 0 saturated heterocycles. The monoisotopic (exact) mass is 302 g/mol. The highest BCUT2D eigenvalue weighted by Crippen LogP contribution is 2.19. The molecule has 0 aliphatic heterocycles. The van der Waals surface area contributed by atoms with Crippen LogP contribution in [0.5, 0.6) is 0 Å². The maximum absolute atomic E-state index is 11.9. The largest absolute Gasteiger partial charge is 0.448 e. The number of amides is 1. The smallest absolute Gasteiger partial charge is 0.357 e. The number of rotatable bonds is 6. The van der Waals surface area contributed by atoms with E-state index in [1.165, 1.54) is 24.6 Å². The third kappa shape index (κ3) is 4.98. The van der Waals surface area contributed by atoms with Crippen molar-refractivity contribution in [3.05, 3.63) is 41.7 Å². The van der Waals surface area contributed by atoms with E-state index in [9.17, 15) is 9.59 Å². The summed E-state index contributed by atoms with van der Waals surface area (Å²) in [6.45, 7) is 2.15. The molecule has 1 amide bonds. The normalized spacial score (nSPS) is 15.6. The van der Waals surface area contributed by atoms with E-state index in [1.807, 2.05) is 0 Å². The van der Waals surface area contributed by atoms with Crippen LogP contribution in [0.1, 0.15) is 49.5 Å². The van der Waals surface area contributed by atoms with Crippen molar-refractivity contribution in [2.24, 2.45) is 0 Å². The van der Waals surface area contributed by atoms with Crippen LogP contribution in [-0.4, -0.2) is 29.5 Å². The van der Waals surface area contributed by atoms with E-state index in [0.29, 0.717) is 6.54 Å². The Morgan fingerprint density at radius 3 is 2.91 bits per heavy atom. The molecule has 22 heavy (non-hydrogen) atoms. The molecule has 1 aliphatic carbocycles. The number of carbonyl (C=O) groups excluding carboxylic acids is 2. The molecule has 5 heteroatoms. The maximum Gasteiger partial charge on any atom is 0.357 e. The molecule has 1 aromatic rings. The molecular formula is C17H22N2O3. The molecule has 1 atom stereocenters. The molecule has 1 aromatic heterocycles. The lowest BCUT2D eigenvalue weighted by Gasteiger charge is -2.15. The molecule has 5 nitrogen and oxygen atoms in total. The predicted molar refractivity (Wildman–Crippen MR) is 83.3 cm³/mol. The first-order valence-corrected chi connectivity index (χ1v) is 7.74. The fraction of sp³-hybridized carbons (Fsp3) is 0.471. The topological polar surface area (TPSA) is 68.3 Å². The van der Waals surface area contributed by atoms with Gasteiger partial charge in [0.2, 0.25) is 0 Å². The van der Waals surface area contributed by atoms with Gasteiger partial charge in [-0.3, -0.25) is 4.79 Å². The Hall–Kier alpha value is -2.17. The molecule has 0 bridgehead atoms. The van der Waals surface area contributed by atoms with Crippen molar-refractivity contribution in [1.29, 1.82) is 0 Å². The zero-order valence-electron chi connectivity index (χ0n) is 12.9. The fourth-order valence-electron chi connectivity index (χ4n) is 2.38. The van der Waals surface area contributed by atoms with E-state index in [-0.39, 0.29) is 11.6 Å². The van der Waals surface area contributed by atoms with Gasteiger partial charge in [0.25, 0.3) is 5.91 Å². The highest BCUT2D eigenvalue weighted by Gasteiger charge is 2.19. The van der Waals surface area contributed by atoms with E-state index >= 15 is 0 Å². The number of pyridine rings is 1. The second-order valence-corrected chi connectivity index (χ2v) is 5.41. The van der Waals surface area contributed by atoms with Crippen molar-refractivity contribution in [2.75, 3.05) is 6.54 Å². The molecule has 0 radical (unpaired) electrons. The van der Waals surface area contributed by atoms with Gasteiger partial charge in [0, 0.05) is 12.7 Å². The van der Waals surface area contributed by atoms with Crippen LogP contribution in [0, 0.1) is 0 Å². The number of hydrogen-bond acceptors (Lipinski definition) is 4. The van der Waals surface area contributed by atoms with Crippen molar-refractivity contribution < 1.29 is 14.3 Å². The van der Waals surface area contributed by atoms with Crippen LogP contribution in [0.2, 0.25) is 0 Å². The zero-order valence-corrected chi connectivity index (χ0v) is 12.9. The van der Waals surface area contributed by atoms with Crippen LogP contribution in [0.15, 0.2) is 36.0 Å². The Labute approximate surface area is 130 Å². The van der Waals surface area contributed by atoms with Crippen molar-refractivity contribution in [3.63, 3.8) is 0 Å². The number of aromatic nitrogens is 1. The van der Waals surface area contributed by atoms with Crippen LogP contribution < -0.4 is 5.32 Å². The highest BCUT2D eigenvalue weighted by molar-refractivity contribution is 5.90. The summed E-state index contributed by atoms with van der Waals surface area (Å²) in [6.07, 6.45) is 8.58. The standard InChI is InChI=1S/C17H22N2O3/c1-13(22-17(21)15-9-5-6-11-18-15)16(20)19-12-10-14-7-3-2-4-8-14/h5-7,9,11,13H,2-4,8,10,12H2,1H3,(H,19,20)/t13-/m0/s1. The van der Waals surface area contributed by atoms with Crippen molar-refractivity contribution >= 4 is 11.9 Å². The van der Waals surface area contributed by atoms with Gasteiger partial charge in [0.15, 0.2) is 6.10 Å². The van der Waals surface area contributed by atoms with E-state index in [4.69, 9.17) is 4.74 Å². The summed E-state index contributed by atoms with van der Waals surface area (Å²) in [6, 6.07) is 4.97. The molecular weight excluding hydrogens is 280 g/mol. The summed E-state index contributed by atoms with van der Waals surface area (Å²) in [7, 11) is 0. The second-order valence-electron chi connectivity index (χ2n) is 5.41. The van der Waals surface area contributed by atoms with Crippen LogP contribution in [0.25, 0.3) is 0 Å². The summed E-state index contributed by atoms with van der Waals surface area (Å²) < 4.78 is 5.11. The number of hydrogen-bond donors (Lipinski definition) is 1. The minimum Gasteiger partial charge on any atom is -0.448 e. The Morgan fingerprint density at radius 2 is 2.23 bits per heavy atom. The summed E-state index contributed by atoms with van der Waals surface area (Å²) in [5.41, 5.74) is 1.61. The minimum absolute atomic E-state index is 0.203. The van der Waals surface area contributed by atoms with E-state index in [1.54, 1.807) is 25.1 Å². The molecule has 0 aromatic carbocycles. The Kier molecular flexibility index (Phi) is 6.13. The number of nitrogens with zero attached hydrogens (tertiary/aromatic N) is 1. The zero-order chi connectivity index (χ0) is 15.8. The average molecular weight is 302 g/mol. The summed E-state index contributed by atoms with van der Waals surface area (Å²) >= 11 is 0. The maximum atomic E-state index is 11.9. The summed E-state index contributed by atoms with van der Waals surface area (Å²) in [5.74, 6) is -0.862. The summed E-state index contributed by atoms with van der Waals surface area (Å²) in [4.78, 5) is 27.6. The average Bonchev–Trinajstić information content (AvgIpc) is 2.56.